The maximum absolute atomic E-state index is 10.3. The predicted molar refractivity (Wildman–Crippen MR) is 88.1 cm³/mol. The van der Waals surface area contributed by atoms with E-state index in [4.69, 9.17) is 0 Å². The third-order valence-electron chi connectivity index (χ3n) is 4.47. The van der Waals surface area contributed by atoms with Crippen LogP contribution < -0.4 is 4.90 Å². The normalized spacial score (nSPS) is 19.2. The van der Waals surface area contributed by atoms with Crippen LogP contribution in [0.15, 0.2) is 48.5 Å². The lowest BCUT2D eigenvalue weighted by Crippen LogP contribution is -2.34. The van der Waals surface area contributed by atoms with E-state index in [0.29, 0.717) is 6.04 Å². The molecule has 2 unspecified atom stereocenters. The van der Waals surface area contributed by atoms with Crippen molar-refractivity contribution in [2.24, 2.45) is 0 Å². The van der Waals surface area contributed by atoms with Crippen molar-refractivity contribution in [2.45, 2.75) is 45.3 Å². The summed E-state index contributed by atoms with van der Waals surface area (Å²) >= 11 is 0. The molecule has 0 radical (unpaired) electrons. The van der Waals surface area contributed by atoms with Crippen molar-refractivity contribution in [1.29, 1.82) is 0 Å². The Morgan fingerprint density at radius 2 is 1.76 bits per heavy atom. The van der Waals surface area contributed by atoms with Crippen molar-refractivity contribution in [1.82, 2.24) is 0 Å². The molecule has 2 aromatic carbocycles. The van der Waals surface area contributed by atoms with Crippen LogP contribution in [-0.4, -0.2) is 11.1 Å². The van der Waals surface area contributed by atoms with Crippen LogP contribution in [0.2, 0.25) is 0 Å². The zero-order valence-corrected chi connectivity index (χ0v) is 12.8. The van der Waals surface area contributed by atoms with Crippen molar-refractivity contribution in [2.75, 3.05) is 4.90 Å². The monoisotopic (exact) mass is 281 g/mol. The first-order chi connectivity index (χ1) is 10.2. The number of nitrogens with zero attached hydrogens (tertiary/aromatic N) is 1. The molecule has 0 aliphatic carbocycles. The van der Waals surface area contributed by atoms with E-state index in [1.54, 1.807) is 0 Å². The van der Waals surface area contributed by atoms with Crippen molar-refractivity contribution in [3.05, 3.63) is 59.7 Å². The van der Waals surface area contributed by atoms with Crippen molar-refractivity contribution in [3.8, 4) is 0 Å². The summed E-state index contributed by atoms with van der Waals surface area (Å²) in [7, 11) is 0. The molecular formula is C19H23NO. The van der Waals surface area contributed by atoms with Crippen LogP contribution in [0.25, 0.3) is 0 Å². The maximum Gasteiger partial charge on any atom is 0.0807 e. The van der Waals surface area contributed by atoms with E-state index in [2.05, 4.69) is 48.2 Å². The van der Waals surface area contributed by atoms with E-state index >= 15 is 0 Å². The number of fused-ring (bicyclic) bond motifs is 1. The molecule has 2 heteroatoms. The fourth-order valence-corrected chi connectivity index (χ4v) is 3.26. The lowest BCUT2D eigenvalue weighted by atomic mass is 9.94. The van der Waals surface area contributed by atoms with Gasteiger partial charge in [0.25, 0.3) is 0 Å². The minimum atomic E-state index is -0.400. The second kappa shape index (κ2) is 5.90. The number of hydrogen-bond donors (Lipinski definition) is 1. The Hall–Kier alpha value is -1.80. The lowest BCUT2D eigenvalue weighted by molar-refractivity contribution is 0.174. The van der Waals surface area contributed by atoms with Gasteiger partial charge in [-0.15, -0.1) is 0 Å². The molecule has 1 aliphatic heterocycles. The van der Waals surface area contributed by atoms with Crippen molar-refractivity contribution in [3.63, 3.8) is 0 Å². The number of aliphatic hydroxyl groups is 1. The van der Waals surface area contributed by atoms with Gasteiger partial charge in [-0.05, 0) is 43.9 Å². The fraction of sp³-hybridized carbons (Fsp3) is 0.368. The fourth-order valence-electron chi connectivity index (χ4n) is 3.26. The SMILES string of the molecule is CCC(O)c1ccccc1N1c2ccccc2CCC1C. The lowest BCUT2D eigenvalue weighted by Gasteiger charge is -2.38. The summed E-state index contributed by atoms with van der Waals surface area (Å²) < 4.78 is 0. The summed E-state index contributed by atoms with van der Waals surface area (Å²) in [6.45, 7) is 4.29. The van der Waals surface area contributed by atoms with Gasteiger partial charge in [0.2, 0.25) is 0 Å². The summed E-state index contributed by atoms with van der Waals surface area (Å²) in [4.78, 5) is 2.40. The molecule has 0 fully saturated rings. The van der Waals surface area contributed by atoms with Crippen LogP contribution in [0.3, 0.4) is 0 Å². The van der Waals surface area contributed by atoms with E-state index in [0.717, 1.165) is 30.5 Å². The van der Waals surface area contributed by atoms with Gasteiger partial charge in [0.1, 0.15) is 0 Å². The second-order valence-electron chi connectivity index (χ2n) is 5.87. The summed E-state index contributed by atoms with van der Waals surface area (Å²) in [5.74, 6) is 0. The number of benzene rings is 2. The van der Waals surface area contributed by atoms with Gasteiger partial charge in [-0.1, -0.05) is 43.3 Å². The predicted octanol–water partition coefficient (Wildman–Crippen LogP) is 4.60. The highest BCUT2D eigenvalue weighted by Gasteiger charge is 2.26. The molecule has 1 aliphatic rings. The van der Waals surface area contributed by atoms with Crippen LogP contribution in [-0.2, 0) is 6.42 Å². The molecule has 2 atom stereocenters. The molecule has 2 aromatic rings. The van der Waals surface area contributed by atoms with E-state index in [1.165, 1.54) is 11.3 Å². The quantitative estimate of drug-likeness (QED) is 0.888. The molecule has 1 N–H and O–H groups in total. The van der Waals surface area contributed by atoms with Gasteiger partial charge < -0.3 is 10.0 Å². The molecule has 0 aromatic heterocycles. The number of aliphatic hydroxyl groups excluding tert-OH is 1. The van der Waals surface area contributed by atoms with E-state index < -0.39 is 6.10 Å². The van der Waals surface area contributed by atoms with Crippen LogP contribution in [0.4, 0.5) is 11.4 Å². The number of anilines is 2. The first-order valence-electron chi connectivity index (χ1n) is 7.86. The minimum Gasteiger partial charge on any atom is -0.388 e. The summed E-state index contributed by atoms with van der Waals surface area (Å²) in [6, 6.07) is 17.3. The highest BCUT2D eigenvalue weighted by molar-refractivity contribution is 5.71. The summed E-state index contributed by atoms with van der Waals surface area (Å²) in [5.41, 5.74) is 4.86. The second-order valence-corrected chi connectivity index (χ2v) is 5.87. The Bertz CT molecular complexity index is 622. The molecule has 1 heterocycles. The van der Waals surface area contributed by atoms with Crippen LogP contribution in [0.5, 0.6) is 0 Å². The van der Waals surface area contributed by atoms with E-state index in [9.17, 15) is 5.11 Å². The van der Waals surface area contributed by atoms with Gasteiger partial charge in [0, 0.05) is 23.0 Å². The zero-order chi connectivity index (χ0) is 14.8. The first-order valence-corrected chi connectivity index (χ1v) is 7.86. The topological polar surface area (TPSA) is 23.5 Å². The molecule has 3 rings (SSSR count). The zero-order valence-electron chi connectivity index (χ0n) is 12.8. The van der Waals surface area contributed by atoms with Gasteiger partial charge >= 0.3 is 0 Å². The molecule has 0 bridgehead atoms. The van der Waals surface area contributed by atoms with Crippen molar-refractivity contribution >= 4 is 11.4 Å². The highest BCUT2D eigenvalue weighted by atomic mass is 16.3. The van der Waals surface area contributed by atoms with Gasteiger partial charge in [0.05, 0.1) is 6.10 Å². The van der Waals surface area contributed by atoms with Crippen LogP contribution in [0.1, 0.15) is 43.9 Å². The number of hydrogen-bond acceptors (Lipinski definition) is 2. The van der Waals surface area contributed by atoms with Gasteiger partial charge in [-0.2, -0.15) is 0 Å². The smallest absolute Gasteiger partial charge is 0.0807 e. The van der Waals surface area contributed by atoms with E-state index in [-0.39, 0.29) is 0 Å². The first kappa shape index (κ1) is 14.2. The largest absolute Gasteiger partial charge is 0.388 e. The Morgan fingerprint density at radius 3 is 2.52 bits per heavy atom. The molecule has 0 amide bonds. The molecule has 0 spiro atoms. The van der Waals surface area contributed by atoms with Gasteiger partial charge in [0.15, 0.2) is 0 Å². The maximum atomic E-state index is 10.3. The van der Waals surface area contributed by atoms with Crippen LogP contribution >= 0.6 is 0 Å². The average Bonchev–Trinajstić information content (AvgIpc) is 2.54. The Labute approximate surface area is 127 Å². The third-order valence-corrected chi connectivity index (χ3v) is 4.47. The third kappa shape index (κ3) is 2.56. The summed E-state index contributed by atoms with van der Waals surface area (Å²) in [5, 5.41) is 10.3. The molecular weight excluding hydrogens is 258 g/mol. The van der Waals surface area contributed by atoms with Crippen molar-refractivity contribution < 1.29 is 5.11 Å². The molecule has 0 saturated carbocycles. The minimum absolute atomic E-state index is 0.400. The van der Waals surface area contributed by atoms with Crippen LogP contribution in [0, 0.1) is 0 Å². The average molecular weight is 281 g/mol. The Morgan fingerprint density at radius 1 is 1.10 bits per heavy atom. The number of para-hydroxylation sites is 2. The molecule has 21 heavy (non-hydrogen) atoms. The summed E-state index contributed by atoms with van der Waals surface area (Å²) in [6.07, 6.45) is 2.61. The van der Waals surface area contributed by atoms with Gasteiger partial charge in [-0.25, -0.2) is 0 Å². The molecule has 110 valence electrons. The Kier molecular flexibility index (Phi) is 3.98. The molecule has 0 saturated heterocycles. The Balaban J connectivity index is 2.12. The number of aryl methyl sites for hydroxylation is 1. The highest BCUT2D eigenvalue weighted by Crippen LogP contribution is 2.40. The number of rotatable bonds is 3. The van der Waals surface area contributed by atoms with E-state index in [1.807, 2.05) is 19.1 Å². The standard InChI is InChI=1S/C19H23NO/c1-3-19(21)16-9-5-7-11-18(16)20-14(2)12-13-15-8-4-6-10-17(15)20/h4-11,14,19,21H,3,12-13H2,1-2H3. The molecule has 2 nitrogen and oxygen atoms in total. The van der Waals surface area contributed by atoms with Gasteiger partial charge in [-0.3, -0.25) is 0 Å².